The Morgan fingerprint density at radius 1 is 0.619 bits per heavy atom. The van der Waals surface area contributed by atoms with Crippen LogP contribution in [0.3, 0.4) is 0 Å². The number of hydrogen-bond donors (Lipinski definition) is 1. The summed E-state index contributed by atoms with van der Waals surface area (Å²) < 4.78 is 118. The lowest BCUT2D eigenvalue weighted by molar-refractivity contribution is -0.275. The van der Waals surface area contributed by atoms with Gasteiger partial charge in [0.2, 0.25) is 23.3 Å². The molecule has 4 aromatic heterocycles. The summed E-state index contributed by atoms with van der Waals surface area (Å²) in [5.41, 5.74) is 8.89. The fourth-order valence-electron chi connectivity index (χ4n) is 5.63. The van der Waals surface area contributed by atoms with Crippen LogP contribution in [0.1, 0.15) is 22.8 Å². The highest BCUT2D eigenvalue weighted by Gasteiger charge is 2.32. The van der Waals surface area contributed by atoms with E-state index in [1.807, 2.05) is 18.2 Å². The van der Waals surface area contributed by atoms with Crippen LogP contribution in [0, 0.1) is 13.8 Å². The summed E-state index contributed by atoms with van der Waals surface area (Å²) in [6, 6.07) is 23.6. The van der Waals surface area contributed by atoms with Crippen molar-refractivity contribution in [1.82, 2.24) is 49.8 Å². The van der Waals surface area contributed by atoms with Gasteiger partial charge in [-0.05, 0) is 97.8 Å². The number of halogens is 7. The van der Waals surface area contributed by atoms with E-state index in [-0.39, 0.29) is 58.0 Å². The maximum atomic E-state index is 12.3. The van der Waals surface area contributed by atoms with Crippen LogP contribution in [0.15, 0.2) is 111 Å². The maximum absolute atomic E-state index is 12.3. The molecule has 25 heteroatoms. The van der Waals surface area contributed by atoms with Gasteiger partial charge in [0.1, 0.15) is 23.1 Å². The Balaban J connectivity index is 0.000000190. The first-order valence-electron chi connectivity index (χ1n) is 17.9. The van der Waals surface area contributed by atoms with Crippen molar-refractivity contribution in [3.8, 4) is 57.7 Å². The first kappa shape index (κ1) is 43.7. The molecule has 8 aromatic rings. The zero-order valence-corrected chi connectivity index (χ0v) is 33.8. The number of alkyl halides is 6. The number of benzene rings is 4. The molecule has 0 spiro atoms. The summed E-state index contributed by atoms with van der Waals surface area (Å²) in [6.07, 6.45) is -9.54. The zero-order valence-electron chi connectivity index (χ0n) is 32.2. The highest BCUT2D eigenvalue weighted by molar-refractivity contribution is 8.13. The van der Waals surface area contributed by atoms with Gasteiger partial charge in [-0.15, -0.1) is 36.5 Å². The molecule has 0 fully saturated rings. The molecular formula is C38H28ClF6N11O6S. The molecule has 0 saturated carbocycles. The molecule has 0 saturated heterocycles. The lowest BCUT2D eigenvalue weighted by Gasteiger charge is -2.08. The standard InChI is InChI=1S/C19H13ClF3N5O4S.C19H15F3N6O2/c1-11-24-17(26-28(11)10-12-3-2-4-15(9-12)33(20,29)30)18-25-16(27-32-18)13-5-7-14(8-6-13)31-19(21,22)23;1-11-24-17(26-28(11)10-12-3-2-4-14(23)9-12)18-25-16(27-30-18)13-5-7-15(8-6-13)29-19(20,21)22/h2-9H,10H2,1H3;2-9H,10,23H2,1H3. The average molecular weight is 916 g/mol. The van der Waals surface area contributed by atoms with Crippen LogP contribution < -0.4 is 15.2 Å². The second-order valence-electron chi connectivity index (χ2n) is 13.1. The number of nitrogens with zero attached hydrogens (tertiary/aromatic N) is 10. The molecule has 0 radical (unpaired) electrons. The van der Waals surface area contributed by atoms with Crippen molar-refractivity contribution >= 4 is 25.4 Å². The number of aromatic nitrogens is 10. The molecule has 326 valence electrons. The topological polar surface area (TPSA) is 218 Å². The largest absolute Gasteiger partial charge is 0.573 e. The average Bonchev–Trinajstić information content (AvgIpc) is 4.03. The summed E-state index contributed by atoms with van der Waals surface area (Å²) >= 11 is 0. The Kier molecular flexibility index (Phi) is 12.2. The Hall–Kier alpha value is -7.34. The first-order chi connectivity index (χ1) is 29.7. The van der Waals surface area contributed by atoms with Gasteiger partial charge in [-0.1, -0.05) is 34.6 Å². The van der Waals surface area contributed by atoms with Crippen LogP contribution in [0.2, 0.25) is 0 Å². The lowest BCUT2D eigenvalue weighted by Crippen LogP contribution is -2.16. The third kappa shape index (κ3) is 11.5. The Morgan fingerprint density at radius 3 is 1.46 bits per heavy atom. The van der Waals surface area contributed by atoms with E-state index in [2.05, 4.69) is 49.9 Å². The minimum atomic E-state index is -4.79. The Labute approximate surface area is 355 Å². The van der Waals surface area contributed by atoms with E-state index in [0.29, 0.717) is 40.6 Å². The van der Waals surface area contributed by atoms with Crippen LogP contribution in [-0.2, 0) is 22.1 Å². The third-order valence-corrected chi connectivity index (χ3v) is 9.79. The molecule has 8 rings (SSSR count). The van der Waals surface area contributed by atoms with E-state index in [9.17, 15) is 34.8 Å². The zero-order chi connectivity index (χ0) is 45.1. The molecule has 17 nitrogen and oxygen atoms in total. The van der Waals surface area contributed by atoms with Crippen molar-refractivity contribution in [2.75, 3.05) is 5.73 Å². The van der Waals surface area contributed by atoms with Crippen molar-refractivity contribution in [3.05, 3.63) is 120 Å². The summed E-state index contributed by atoms with van der Waals surface area (Å²) in [5.74, 6) is 1.19. The number of ether oxygens (including phenoxy) is 2. The number of aryl methyl sites for hydroxylation is 2. The van der Waals surface area contributed by atoms with Gasteiger partial charge < -0.3 is 24.3 Å². The van der Waals surface area contributed by atoms with Crippen molar-refractivity contribution in [3.63, 3.8) is 0 Å². The second-order valence-corrected chi connectivity index (χ2v) is 15.7. The molecule has 4 aromatic carbocycles. The lowest BCUT2D eigenvalue weighted by atomic mass is 10.2. The summed E-state index contributed by atoms with van der Waals surface area (Å²) in [7, 11) is 1.52. The Morgan fingerprint density at radius 2 is 1.05 bits per heavy atom. The second kappa shape index (κ2) is 17.6. The molecule has 0 unspecified atom stereocenters. The molecule has 0 aliphatic carbocycles. The summed E-state index contributed by atoms with van der Waals surface area (Å²) in [6.45, 7) is 4.15. The van der Waals surface area contributed by atoms with Gasteiger partial charge in [-0.2, -0.15) is 9.97 Å². The van der Waals surface area contributed by atoms with Gasteiger partial charge in [0.25, 0.3) is 20.8 Å². The molecule has 0 aliphatic heterocycles. The molecule has 2 N–H and O–H groups in total. The highest BCUT2D eigenvalue weighted by Crippen LogP contribution is 2.28. The van der Waals surface area contributed by atoms with Crippen LogP contribution in [0.4, 0.5) is 32.0 Å². The van der Waals surface area contributed by atoms with E-state index >= 15 is 0 Å². The molecule has 0 atom stereocenters. The van der Waals surface area contributed by atoms with Crippen LogP contribution in [-0.4, -0.2) is 71.0 Å². The maximum Gasteiger partial charge on any atom is 0.573 e. The molecule has 0 bridgehead atoms. The van der Waals surface area contributed by atoms with Gasteiger partial charge >= 0.3 is 12.7 Å². The normalized spacial score (nSPS) is 11.9. The van der Waals surface area contributed by atoms with Gasteiger partial charge in [0, 0.05) is 27.5 Å². The quantitative estimate of drug-likeness (QED) is 0.0738. The first-order valence-corrected chi connectivity index (χ1v) is 20.2. The van der Waals surface area contributed by atoms with Crippen molar-refractivity contribution < 1.29 is 53.3 Å². The molecular weight excluding hydrogens is 888 g/mol. The van der Waals surface area contributed by atoms with Crippen molar-refractivity contribution in [2.24, 2.45) is 0 Å². The fourth-order valence-corrected chi connectivity index (χ4v) is 6.45. The van der Waals surface area contributed by atoms with E-state index in [1.165, 1.54) is 53.2 Å². The van der Waals surface area contributed by atoms with E-state index in [1.54, 1.807) is 36.7 Å². The summed E-state index contributed by atoms with van der Waals surface area (Å²) in [5, 5.41) is 16.4. The fraction of sp³-hybridized carbons (Fsp3) is 0.158. The molecule has 0 amide bonds. The van der Waals surface area contributed by atoms with Gasteiger partial charge in [0.15, 0.2) is 0 Å². The molecule has 0 aliphatic rings. The number of nitrogens with two attached hydrogens (primary N) is 1. The van der Waals surface area contributed by atoms with Crippen LogP contribution >= 0.6 is 10.7 Å². The van der Waals surface area contributed by atoms with E-state index in [0.717, 1.165) is 17.7 Å². The number of anilines is 1. The summed E-state index contributed by atoms with van der Waals surface area (Å²) in [4.78, 5) is 17.0. The predicted octanol–water partition coefficient (Wildman–Crippen LogP) is 8.01. The van der Waals surface area contributed by atoms with Gasteiger partial charge in [-0.3, -0.25) is 0 Å². The third-order valence-electron chi connectivity index (χ3n) is 8.44. The smallest absolute Gasteiger partial charge is 0.406 e. The minimum Gasteiger partial charge on any atom is -0.406 e. The van der Waals surface area contributed by atoms with Crippen LogP contribution in [0.5, 0.6) is 11.5 Å². The number of rotatable bonds is 11. The number of nitrogen functional groups attached to an aromatic ring is 1. The highest BCUT2D eigenvalue weighted by atomic mass is 35.7. The minimum absolute atomic E-state index is 0.000412. The van der Waals surface area contributed by atoms with Crippen molar-refractivity contribution in [2.45, 2.75) is 44.6 Å². The predicted molar refractivity (Wildman–Crippen MR) is 209 cm³/mol. The van der Waals surface area contributed by atoms with E-state index < -0.39 is 21.8 Å². The molecule has 63 heavy (non-hydrogen) atoms. The van der Waals surface area contributed by atoms with Gasteiger partial charge in [0.05, 0.1) is 18.0 Å². The van der Waals surface area contributed by atoms with E-state index in [4.69, 9.17) is 25.5 Å². The van der Waals surface area contributed by atoms with Gasteiger partial charge in [-0.25, -0.2) is 27.7 Å². The van der Waals surface area contributed by atoms with Crippen LogP contribution in [0.25, 0.3) is 46.2 Å². The van der Waals surface area contributed by atoms with Crippen molar-refractivity contribution in [1.29, 1.82) is 0 Å². The monoisotopic (exact) mass is 915 g/mol. The SMILES string of the molecule is Cc1nc(-c2nc(-c3ccc(OC(F)(F)F)cc3)no2)nn1Cc1cccc(N)c1.Cc1nc(-c2nc(-c3ccc(OC(F)(F)F)cc3)no2)nn1Cc1cccc(S(=O)(=O)Cl)c1. The number of hydrogen-bond acceptors (Lipinski definition) is 15. The molecule has 4 heterocycles. The Bertz CT molecular complexity index is 2970.